The fourth-order valence-electron chi connectivity index (χ4n) is 2.67. The largest absolute Gasteiger partial charge is 0.493 e. The summed E-state index contributed by atoms with van der Waals surface area (Å²) in [6.45, 7) is 0.0481. The highest BCUT2D eigenvalue weighted by Gasteiger charge is 2.12. The van der Waals surface area contributed by atoms with Gasteiger partial charge in [0.15, 0.2) is 18.1 Å². The quantitative estimate of drug-likeness (QED) is 0.512. The molecule has 156 valence electrons. The summed E-state index contributed by atoms with van der Waals surface area (Å²) in [7, 11) is 1.49. The molecule has 0 bridgehead atoms. The number of halogens is 2. The summed E-state index contributed by atoms with van der Waals surface area (Å²) < 4.78 is 10.6. The molecule has 0 radical (unpaired) electrons. The Balaban J connectivity index is 1.66. The predicted octanol–water partition coefficient (Wildman–Crippen LogP) is 4.52. The third-order valence-corrected chi connectivity index (χ3v) is 5.60. The molecule has 3 aromatic rings. The van der Waals surface area contributed by atoms with Crippen LogP contribution in [-0.2, 0) is 11.3 Å². The van der Waals surface area contributed by atoms with E-state index in [0.717, 1.165) is 16.0 Å². The maximum absolute atomic E-state index is 12.5. The van der Waals surface area contributed by atoms with E-state index in [1.807, 2.05) is 6.07 Å². The van der Waals surface area contributed by atoms with Crippen molar-refractivity contribution in [3.8, 4) is 21.9 Å². The third kappa shape index (κ3) is 5.66. The molecule has 6 nitrogen and oxygen atoms in total. The van der Waals surface area contributed by atoms with Gasteiger partial charge >= 0.3 is 0 Å². The van der Waals surface area contributed by atoms with Crippen molar-refractivity contribution in [1.82, 2.24) is 5.32 Å². The van der Waals surface area contributed by atoms with E-state index in [4.69, 9.17) is 38.4 Å². The van der Waals surface area contributed by atoms with Gasteiger partial charge in [0.1, 0.15) is 0 Å². The van der Waals surface area contributed by atoms with E-state index < -0.39 is 5.91 Å². The van der Waals surface area contributed by atoms with Gasteiger partial charge in [-0.1, -0.05) is 29.3 Å². The highest BCUT2D eigenvalue weighted by Crippen LogP contribution is 2.32. The predicted molar refractivity (Wildman–Crippen MR) is 119 cm³/mol. The molecule has 1 aromatic heterocycles. The lowest BCUT2D eigenvalue weighted by atomic mass is 10.2. The Morgan fingerprint density at radius 3 is 2.43 bits per heavy atom. The third-order valence-electron chi connectivity index (χ3n) is 4.03. The number of ether oxygens (including phenoxy) is 2. The Morgan fingerprint density at radius 1 is 1.03 bits per heavy atom. The summed E-state index contributed by atoms with van der Waals surface area (Å²) in [6.07, 6.45) is 0. The number of rotatable bonds is 8. The molecule has 2 amide bonds. The van der Waals surface area contributed by atoms with Gasteiger partial charge in [0, 0.05) is 21.5 Å². The molecule has 3 N–H and O–H groups in total. The summed E-state index contributed by atoms with van der Waals surface area (Å²) in [6, 6.07) is 14.0. The first-order chi connectivity index (χ1) is 14.4. The molecule has 0 unspecified atom stereocenters. The molecule has 0 aliphatic heterocycles. The number of thiophene rings is 1. The molecule has 0 spiro atoms. The summed E-state index contributed by atoms with van der Waals surface area (Å²) in [5.41, 5.74) is 6.75. The maximum Gasteiger partial charge on any atom is 0.261 e. The molecule has 30 heavy (non-hydrogen) atoms. The van der Waals surface area contributed by atoms with Gasteiger partial charge in [0.2, 0.25) is 0 Å². The van der Waals surface area contributed by atoms with Gasteiger partial charge in [-0.05, 0) is 53.6 Å². The molecule has 0 aliphatic carbocycles. The zero-order valence-electron chi connectivity index (χ0n) is 15.9. The van der Waals surface area contributed by atoms with Gasteiger partial charge in [-0.25, -0.2) is 0 Å². The number of nitrogens with two attached hydrogens (primary N) is 1. The zero-order chi connectivity index (χ0) is 21.7. The highest BCUT2D eigenvalue weighted by molar-refractivity contribution is 7.17. The standard InChI is InChI=1S/C21H18Cl2N2O4S/c1-28-17-6-12(2-3-16(17)29-11-20(24)26)10-25-21(27)19-5-4-18(30-19)13-7-14(22)9-15(23)8-13/h2-9H,10-11H2,1H3,(H2,24,26)(H,25,27). The van der Waals surface area contributed by atoms with Gasteiger partial charge in [0.25, 0.3) is 11.8 Å². The number of carbonyl (C=O) groups is 2. The van der Waals surface area contributed by atoms with Crippen LogP contribution in [0.3, 0.4) is 0 Å². The van der Waals surface area contributed by atoms with E-state index in [1.165, 1.54) is 18.4 Å². The lowest BCUT2D eigenvalue weighted by molar-refractivity contribution is -0.119. The van der Waals surface area contributed by atoms with Gasteiger partial charge in [-0.3, -0.25) is 9.59 Å². The first-order valence-corrected chi connectivity index (χ1v) is 10.4. The lowest BCUT2D eigenvalue weighted by Gasteiger charge is -2.11. The van der Waals surface area contributed by atoms with Gasteiger partial charge in [0.05, 0.1) is 12.0 Å². The number of benzene rings is 2. The Kier molecular flexibility index (Phi) is 7.20. The van der Waals surface area contributed by atoms with Crippen LogP contribution in [0.5, 0.6) is 11.5 Å². The minimum atomic E-state index is -0.580. The average molecular weight is 465 g/mol. The van der Waals surface area contributed by atoms with Gasteiger partial charge < -0.3 is 20.5 Å². The van der Waals surface area contributed by atoms with Crippen LogP contribution >= 0.6 is 34.5 Å². The van der Waals surface area contributed by atoms with Crippen molar-refractivity contribution in [2.45, 2.75) is 6.54 Å². The van der Waals surface area contributed by atoms with Crippen LogP contribution < -0.4 is 20.5 Å². The fraction of sp³-hybridized carbons (Fsp3) is 0.143. The molecule has 0 atom stereocenters. The second kappa shape index (κ2) is 9.84. The average Bonchev–Trinajstić information content (AvgIpc) is 3.20. The van der Waals surface area contributed by atoms with Crippen molar-refractivity contribution < 1.29 is 19.1 Å². The van der Waals surface area contributed by atoms with Gasteiger partial charge in [-0.2, -0.15) is 0 Å². The molecule has 3 rings (SSSR count). The van der Waals surface area contributed by atoms with Crippen molar-refractivity contribution in [1.29, 1.82) is 0 Å². The minimum Gasteiger partial charge on any atom is -0.493 e. The van der Waals surface area contributed by atoms with Crippen LogP contribution in [0.15, 0.2) is 48.5 Å². The van der Waals surface area contributed by atoms with Crippen molar-refractivity contribution in [2.24, 2.45) is 5.73 Å². The van der Waals surface area contributed by atoms with Crippen molar-refractivity contribution in [2.75, 3.05) is 13.7 Å². The molecule has 0 aliphatic rings. The Hall–Kier alpha value is -2.74. The summed E-state index contributed by atoms with van der Waals surface area (Å²) in [5, 5.41) is 3.95. The van der Waals surface area contributed by atoms with E-state index >= 15 is 0 Å². The number of hydrogen-bond donors (Lipinski definition) is 2. The smallest absolute Gasteiger partial charge is 0.261 e. The number of carbonyl (C=O) groups excluding carboxylic acids is 2. The summed E-state index contributed by atoms with van der Waals surface area (Å²) in [4.78, 5) is 24.9. The normalized spacial score (nSPS) is 10.5. The monoisotopic (exact) mass is 464 g/mol. The summed E-state index contributed by atoms with van der Waals surface area (Å²) in [5.74, 6) is 0.0600. The Labute approximate surface area is 187 Å². The number of nitrogens with one attached hydrogen (secondary N) is 1. The molecule has 9 heteroatoms. The SMILES string of the molecule is COc1cc(CNC(=O)c2ccc(-c3cc(Cl)cc(Cl)c3)s2)ccc1OCC(N)=O. The number of hydrogen-bond acceptors (Lipinski definition) is 5. The minimum absolute atomic E-state index is 0.201. The van der Waals surface area contributed by atoms with E-state index in [0.29, 0.717) is 33.0 Å². The van der Waals surface area contributed by atoms with E-state index in [9.17, 15) is 9.59 Å². The van der Waals surface area contributed by atoms with Crippen LogP contribution in [0.25, 0.3) is 10.4 Å². The van der Waals surface area contributed by atoms with Crippen LogP contribution in [-0.4, -0.2) is 25.5 Å². The van der Waals surface area contributed by atoms with Crippen LogP contribution in [0, 0.1) is 0 Å². The van der Waals surface area contributed by atoms with Crippen molar-refractivity contribution in [3.05, 3.63) is 69.0 Å². The van der Waals surface area contributed by atoms with Crippen LogP contribution in [0.4, 0.5) is 0 Å². The topological polar surface area (TPSA) is 90.7 Å². The Morgan fingerprint density at radius 2 is 1.77 bits per heavy atom. The highest BCUT2D eigenvalue weighted by atomic mass is 35.5. The zero-order valence-corrected chi connectivity index (χ0v) is 18.2. The lowest BCUT2D eigenvalue weighted by Crippen LogP contribution is -2.22. The second-order valence-electron chi connectivity index (χ2n) is 6.24. The van der Waals surface area contributed by atoms with Crippen LogP contribution in [0.2, 0.25) is 10.0 Å². The maximum atomic E-state index is 12.5. The van der Waals surface area contributed by atoms with E-state index in [1.54, 1.807) is 42.5 Å². The van der Waals surface area contributed by atoms with E-state index in [2.05, 4.69) is 5.32 Å². The first kappa shape index (κ1) is 22.0. The van der Waals surface area contributed by atoms with E-state index in [-0.39, 0.29) is 12.5 Å². The molecule has 0 saturated carbocycles. The van der Waals surface area contributed by atoms with Crippen LogP contribution in [0.1, 0.15) is 15.2 Å². The Bertz CT molecular complexity index is 1060. The van der Waals surface area contributed by atoms with Crippen molar-refractivity contribution >= 4 is 46.4 Å². The molecule has 0 saturated heterocycles. The molecule has 0 fully saturated rings. The summed E-state index contributed by atoms with van der Waals surface area (Å²) >= 11 is 13.5. The second-order valence-corrected chi connectivity index (χ2v) is 8.20. The number of primary amides is 1. The fourth-order valence-corrected chi connectivity index (χ4v) is 4.11. The number of amides is 2. The molecule has 1 heterocycles. The number of methoxy groups -OCH3 is 1. The van der Waals surface area contributed by atoms with Crippen molar-refractivity contribution in [3.63, 3.8) is 0 Å². The molecule has 2 aromatic carbocycles. The first-order valence-electron chi connectivity index (χ1n) is 8.78. The van der Waals surface area contributed by atoms with Gasteiger partial charge in [-0.15, -0.1) is 11.3 Å². The molecular formula is C21H18Cl2N2O4S. The molecular weight excluding hydrogens is 447 g/mol.